The van der Waals surface area contributed by atoms with Crippen molar-refractivity contribution in [2.45, 2.75) is 6.42 Å². The van der Waals surface area contributed by atoms with Crippen LogP contribution in [-0.2, 0) is 16.1 Å². The molecule has 0 saturated carbocycles. The van der Waals surface area contributed by atoms with E-state index in [9.17, 15) is 9.35 Å². The van der Waals surface area contributed by atoms with Crippen LogP contribution in [0.25, 0.3) is 0 Å². The minimum atomic E-state index is -1.00. The Kier molecular flexibility index (Phi) is 3.81. The van der Waals surface area contributed by atoms with Crippen LogP contribution in [0.4, 0.5) is 5.69 Å². The fraction of sp³-hybridized carbons (Fsp3) is 0.364. The minimum absolute atomic E-state index is 0.301. The van der Waals surface area contributed by atoms with Crippen LogP contribution in [0.15, 0.2) is 18.2 Å². The number of halogens is 1. The molecule has 0 aliphatic carbocycles. The maximum Gasteiger partial charge on any atom is 0.339 e. The first-order valence-electron chi connectivity index (χ1n) is 5.17. The monoisotopic (exact) mass is 273 g/mol. The summed E-state index contributed by atoms with van der Waals surface area (Å²) in [6.07, 6.45) is 0.892. The highest BCUT2D eigenvalue weighted by molar-refractivity contribution is 7.93. The summed E-state index contributed by atoms with van der Waals surface area (Å²) < 4.78 is 18.1. The minimum Gasteiger partial charge on any atom is -0.593 e. The van der Waals surface area contributed by atoms with Crippen molar-refractivity contribution in [2.75, 3.05) is 23.7 Å². The molecule has 1 heterocycles. The second-order valence-corrected chi connectivity index (χ2v) is 5.54. The molecular formula is C11H12ClNO3S. The molecule has 0 radical (unpaired) electrons. The third-order valence-corrected chi connectivity index (χ3v) is 4.42. The number of nitrogens with zero attached hydrogens (tertiary/aromatic N) is 1. The molecule has 1 saturated heterocycles. The van der Waals surface area contributed by atoms with E-state index in [1.54, 1.807) is 22.5 Å². The standard InChI is InChI=1S/C11H12ClNO3S/c1-16-11(14)9-7-8(3-4-10(9)12)13-5-2-6-17(13)15/h3-4,7H,2,5-6H2,1H3. The SMILES string of the molecule is COC(=O)c1cc(N2CCC[S+]2[O-])ccc1Cl. The van der Waals surface area contributed by atoms with Gasteiger partial charge in [-0.15, -0.1) is 0 Å². The summed E-state index contributed by atoms with van der Waals surface area (Å²) >= 11 is 4.91. The molecule has 1 unspecified atom stereocenters. The lowest BCUT2D eigenvalue weighted by Crippen LogP contribution is -2.25. The van der Waals surface area contributed by atoms with E-state index in [0.717, 1.165) is 18.7 Å². The van der Waals surface area contributed by atoms with Gasteiger partial charge in [-0.3, -0.25) is 0 Å². The Labute approximate surface area is 108 Å². The summed E-state index contributed by atoms with van der Waals surface area (Å²) in [7, 11) is 1.30. The van der Waals surface area contributed by atoms with E-state index in [0.29, 0.717) is 16.3 Å². The topological polar surface area (TPSA) is 52.6 Å². The number of hydrogen-bond acceptors (Lipinski definition) is 4. The first-order chi connectivity index (χ1) is 8.13. The van der Waals surface area contributed by atoms with Crippen LogP contribution in [0.3, 0.4) is 0 Å². The van der Waals surface area contributed by atoms with Crippen LogP contribution >= 0.6 is 11.6 Å². The van der Waals surface area contributed by atoms with E-state index in [-0.39, 0.29) is 0 Å². The molecule has 17 heavy (non-hydrogen) atoms. The molecule has 2 rings (SSSR count). The van der Waals surface area contributed by atoms with Crippen molar-refractivity contribution in [3.63, 3.8) is 0 Å². The first-order valence-corrected chi connectivity index (χ1v) is 6.83. The Morgan fingerprint density at radius 1 is 1.59 bits per heavy atom. The fourth-order valence-electron chi connectivity index (χ4n) is 1.73. The lowest BCUT2D eigenvalue weighted by atomic mass is 10.2. The van der Waals surface area contributed by atoms with Gasteiger partial charge in [0.05, 0.1) is 41.3 Å². The number of ether oxygens (including phenoxy) is 1. The molecule has 92 valence electrons. The fourth-order valence-corrected chi connectivity index (χ4v) is 3.20. The zero-order valence-corrected chi connectivity index (χ0v) is 10.9. The highest BCUT2D eigenvalue weighted by Crippen LogP contribution is 2.28. The molecule has 0 aromatic heterocycles. The lowest BCUT2D eigenvalue weighted by molar-refractivity contribution is 0.0601. The molecule has 1 aromatic rings. The molecule has 1 atom stereocenters. The second kappa shape index (κ2) is 5.16. The molecule has 1 aliphatic rings. The van der Waals surface area contributed by atoms with Gasteiger partial charge in [0.25, 0.3) is 0 Å². The van der Waals surface area contributed by atoms with Crippen LogP contribution in [0.1, 0.15) is 16.8 Å². The Hall–Kier alpha value is -0.910. The summed E-state index contributed by atoms with van der Waals surface area (Å²) in [6, 6.07) is 5.01. The van der Waals surface area contributed by atoms with Gasteiger partial charge in [-0.1, -0.05) is 11.6 Å². The normalized spacial score (nSPS) is 19.5. The number of carbonyl (C=O) groups is 1. The van der Waals surface area contributed by atoms with Crippen molar-refractivity contribution in [1.29, 1.82) is 0 Å². The van der Waals surface area contributed by atoms with E-state index >= 15 is 0 Å². The molecule has 1 fully saturated rings. The Morgan fingerprint density at radius 2 is 2.35 bits per heavy atom. The number of anilines is 1. The van der Waals surface area contributed by atoms with Crippen molar-refractivity contribution >= 4 is 34.6 Å². The van der Waals surface area contributed by atoms with E-state index in [1.807, 2.05) is 0 Å². The number of hydrogen-bond donors (Lipinski definition) is 0. The third kappa shape index (κ3) is 2.51. The maximum atomic E-state index is 11.7. The first kappa shape index (κ1) is 12.5. The van der Waals surface area contributed by atoms with Gasteiger partial charge in [0.15, 0.2) is 0 Å². The zero-order chi connectivity index (χ0) is 12.4. The van der Waals surface area contributed by atoms with E-state index in [2.05, 4.69) is 4.74 Å². The average molecular weight is 274 g/mol. The molecule has 0 N–H and O–H groups in total. The van der Waals surface area contributed by atoms with Crippen LogP contribution in [-0.4, -0.2) is 29.9 Å². The second-order valence-electron chi connectivity index (χ2n) is 3.64. The maximum absolute atomic E-state index is 11.7. The third-order valence-electron chi connectivity index (χ3n) is 2.57. The van der Waals surface area contributed by atoms with Gasteiger partial charge in [0, 0.05) is 6.42 Å². The van der Waals surface area contributed by atoms with Crippen LogP contribution < -0.4 is 4.31 Å². The molecule has 0 spiro atoms. The zero-order valence-electron chi connectivity index (χ0n) is 9.31. The van der Waals surface area contributed by atoms with Crippen molar-refractivity contribution in [3.05, 3.63) is 28.8 Å². The number of carbonyl (C=O) groups excluding carboxylic acids is 1. The number of rotatable bonds is 2. The Bertz CT molecular complexity index is 441. The molecule has 0 amide bonds. The smallest absolute Gasteiger partial charge is 0.339 e. The predicted octanol–water partition coefficient (Wildman–Crippen LogP) is 2.00. The van der Waals surface area contributed by atoms with E-state index < -0.39 is 17.3 Å². The van der Waals surface area contributed by atoms with Gasteiger partial charge in [-0.25, -0.2) is 4.79 Å². The van der Waals surface area contributed by atoms with Crippen LogP contribution in [0.5, 0.6) is 0 Å². The van der Waals surface area contributed by atoms with Crippen molar-refractivity contribution in [3.8, 4) is 0 Å². The highest BCUT2D eigenvalue weighted by Gasteiger charge is 2.27. The van der Waals surface area contributed by atoms with Crippen LogP contribution in [0, 0.1) is 0 Å². The quantitative estimate of drug-likeness (QED) is 0.611. The Morgan fingerprint density at radius 3 is 2.94 bits per heavy atom. The van der Waals surface area contributed by atoms with Gasteiger partial charge in [0.2, 0.25) is 0 Å². The number of methoxy groups -OCH3 is 1. The lowest BCUT2D eigenvalue weighted by Gasteiger charge is -2.19. The van der Waals surface area contributed by atoms with Gasteiger partial charge in [-0.2, -0.15) is 4.31 Å². The molecule has 4 nitrogen and oxygen atoms in total. The van der Waals surface area contributed by atoms with Crippen molar-refractivity contribution in [1.82, 2.24) is 0 Å². The Balaban J connectivity index is 2.33. The molecule has 6 heteroatoms. The summed E-state index contributed by atoms with van der Waals surface area (Å²) in [5, 5.41) is 0.338. The van der Waals surface area contributed by atoms with Crippen LogP contribution in [0.2, 0.25) is 5.02 Å². The predicted molar refractivity (Wildman–Crippen MR) is 67.8 cm³/mol. The van der Waals surface area contributed by atoms with Crippen molar-refractivity contribution in [2.24, 2.45) is 0 Å². The van der Waals surface area contributed by atoms with Gasteiger partial charge < -0.3 is 9.29 Å². The van der Waals surface area contributed by atoms with Gasteiger partial charge >= 0.3 is 5.97 Å². The molecule has 1 aromatic carbocycles. The number of benzene rings is 1. The van der Waals surface area contributed by atoms with Gasteiger partial charge in [-0.05, 0) is 18.2 Å². The van der Waals surface area contributed by atoms with Gasteiger partial charge in [0.1, 0.15) is 5.75 Å². The summed E-state index contributed by atoms with van der Waals surface area (Å²) in [6.45, 7) is 0.731. The molecular weight excluding hydrogens is 262 g/mol. The van der Waals surface area contributed by atoms with E-state index in [1.165, 1.54) is 7.11 Å². The van der Waals surface area contributed by atoms with E-state index in [4.69, 9.17) is 11.6 Å². The molecule has 1 aliphatic heterocycles. The number of esters is 1. The summed E-state index contributed by atoms with van der Waals surface area (Å²) in [4.78, 5) is 11.5. The highest BCUT2D eigenvalue weighted by atomic mass is 35.5. The molecule has 0 bridgehead atoms. The summed E-state index contributed by atoms with van der Waals surface area (Å²) in [5.74, 6) is 0.178. The average Bonchev–Trinajstić information content (AvgIpc) is 2.75. The summed E-state index contributed by atoms with van der Waals surface area (Å²) in [5.41, 5.74) is 1.04. The van der Waals surface area contributed by atoms with Crippen molar-refractivity contribution < 1.29 is 14.1 Å². The largest absolute Gasteiger partial charge is 0.593 e.